The predicted octanol–water partition coefficient (Wildman–Crippen LogP) is 2.58. The second kappa shape index (κ2) is 5.09. The van der Waals surface area contributed by atoms with Crippen LogP contribution in [0.5, 0.6) is 0 Å². The number of nitrogens with zero attached hydrogens (tertiary/aromatic N) is 2. The largest absolute Gasteiger partial charge is 0.477 e. The van der Waals surface area contributed by atoms with Gasteiger partial charge >= 0.3 is 5.97 Å². The van der Waals surface area contributed by atoms with Gasteiger partial charge in [-0.05, 0) is 19.8 Å². The van der Waals surface area contributed by atoms with E-state index in [-0.39, 0.29) is 11.5 Å². The molecular weight excluding hydrogens is 264 g/mol. The first-order chi connectivity index (χ1) is 8.83. The van der Waals surface area contributed by atoms with E-state index in [9.17, 15) is 9.90 Å². The van der Waals surface area contributed by atoms with Gasteiger partial charge in [0.15, 0.2) is 5.13 Å². The van der Waals surface area contributed by atoms with Gasteiger partial charge < -0.3 is 14.7 Å². The maximum Gasteiger partial charge on any atom is 0.347 e. The van der Waals surface area contributed by atoms with E-state index in [0.29, 0.717) is 23.8 Å². The van der Waals surface area contributed by atoms with Gasteiger partial charge in [0.1, 0.15) is 4.88 Å². The monoisotopic (exact) mass is 284 g/mol. The van der Waals surface area contributed by atoms with Crippen LogP contribution in [0.1, 0.15) is 49.0 Å². The molecule has 1 saturated heterocycles. The lowest BCUT2D eigenvalue weighted by molar-refractivity contribution is 0.0643. The van der Waals surface area contributed by atoms with Crippen LogP contribution in [0, 0.1) is 0 Å². The van der Waals surface area contributed by atoms with Crippen LogP contribution >= 0.6 is 11.3 Å². The van der Waals surface area contributed by atoms with Crippen LogP contribution in [0.2, 0.25) is 0 Å². The molecule has 2 heterocycles. The standard InChI is InChI=1S/C13H20N2O3S/c1-8(2)9-10(11(16)17)19-12(14-9)15-5-6-18-7-13(15,3)4/h8H,5-7H2,1-4H3,(H,16,17). The van der Waals surface area contributed by atoms with E-state index in [0.717, 1.165) is 11.7 Å². The lowest BCUT2D eigenvalue weighted by atomic mass is 10.0. The van der Waals surface area contributed by atoms with Crippen LogP contribution in [0.4, 0.5) is 5.13 Å². The van der Waals surface area contributed by atoms with Crippen molar-refractivity contribution in [3.63, 3.8) is 0 Å². The molecule has 0 aliphatic carbocycles. The number of hydrogen-bond acceptors (Lipinski definition) is 5. The van der Waals surface area contributed by atoms with Gasteiger partial charge in [-0.3, -0.25) is 0 Å². The van der Waals surface area contributed by atoms with Crippen molar-refractivity contribution in [1.29, 1.82) is 0 Å². The lowest BCUT2D eigenvalue weighted by Gasteiger charge is -2.42. The average molecular weight is 284 g/mol. The van der Waals surface area contributed by atoms with Gasteiger partial charge in [-0.25, -0.2) is 9.78 Å². The zero-order valence-corrected chi connectivity index (χ0v) is 12.6. The minimum absolute atomic E-state index is 0.111. The molecule has 6 heteroatoms. The maximum atomic E-state index is 11.3. The van der Waals surface area contributed by atoms with E-state index in [4.69, 9.17) is 4.74 Å². The first-order valence-electron chi connectivity index (χ1n) is 6.42. The Hall–Kier alpha value is -1.14. The van der Waals surface area contributed by atoms with E-state index in [1.54, 1.807) is 0 Å². The number of hydrogen-bond donors (Lipinski definition) is 1. The molecule has 106 valence electrons. The van der Waals surface area contributed by atoms with Gasteiger partial charge in [-0.2, -0.15) is 0 Å². The molecule has 0 saturated carbocycles. The Kier molecular flexibility index (Phi) is 3.82. The number of carboxylic acids is 1. The van der Waals surface area contributed by atoms with Crippen LogP contribution in [0.3, 0.4) is 0 Å². The molecule has 0 unspecified atom stereocenters. The summed E-state index contributed by atoms with van der Waals surface area (Å²) in [7, 11) is 0. The van der Waals surface area contributed by atoms with E-state index < -0.39 is 5.97 Å². The van der Waals surface area contributed by atoms with Crippen molar-refractivity contribution in [1.82, 2.24) is 4.98 Å². The third kappa shape index (κ3) is 2.74. The zero-order chi connectivity index (χ0) is 14.2. The van der Waals surface area contributed by atoms with Crippen molar-refractivity contribution >= 4 is 22.4 Å². The summed E-state index contributed by atoms with van der Waals surface area (Å²) >= 11 is 1.26. The second-order valence-electron chi connectivity index (χ2n) is 5.69. The number of anilines is 1. The molecule has 1 aromatic heterocycles. The average Bonchev–Trinajstić information content (AvgIpc) is 2.73. The summed E-state index contributed by atoms with van der Waals surface area (Å²) in [5.74, 6) is -0.779. The van der Waals surface area contributed by atoms with Gasteiger partial charge in [0, 0.05) is 6.54 Å². The number of thiazole rings is 1. The Labute approximate surface area is 117 Å². The maximum absolute atomic E-state index is 11.3. The molecular formula is C13H20N2O3S. The third-order valence-electron chi connectivity index (χ3n) is 3.26. The van der Waals surface area contributed by atoms with Crippen molar-refractivity contribution in [3.05, 3.63) is 10.6 Å². The molecule has 1 aromatic rings. The minimum atomic E-state index is -0.890. The number of carboxylic acid groups (broad SMARTS) is 1. The molecule has 0 radical (unpaired) electrons. The lowest BCUT2D eigenvalue weighted by Crippen LogP contribution is -2.53. The molecule has 19 heavy (non-hydrogen) atoms. The Morgan fingerprint density at radius 3 is 2.68 bits per heavy atom. The molecule has 2 rings (SSSR count). The molecule has 1 aliphatic heterocycles. The third-order valence-corrected chi connectivity index (χ3v) is 4.34. The van der Waals surface area contributed by atoms with E-state index in [1.165, 1.54) is 11.3 Å². The fourth-order valence-electron chi connectivity index (χ4n) is 2.19. The Bertz CT molecular complexity index is 482. The fourth-order valence-corrected chi connectivity index (χ4v) is 3.44. The van der Waals surface area contributed by atoms with Crippen molar-refractivity contribution < 1.29 is 14.6 Å². The summed E-state index contributed by atoms with van der Waals surface area (Å²) in [6.45, 7) is 10.1. The molecule has 1 aliphatic rings. The van der Waals surface area contributed by atoms with Crippen LogP contribution in [0.25, 0.3) is 0 Å². The summed E-state index contributed by atoms with van der Waals surface area (Å²) in [5, 5.41) is 10.1. The predicted molar refractivity (Wildman–Crippen MR) is 75.4 cm³/mol. The molecule has 5 nitrogen and oxygen atoms in total. The van der Waals surface area contributed by atoms with Gasteiger partial charge in [0.25, 0.3) is 0 Å². The molecule has 1 fully saturated rings. The van der Waals surface area contributed by atoms with Crippen molar-refractivity contribution in [2.75, 3.05) is 24.7 Å². The van der Waals surface area contributed by atoms with Crippen LogP contribution in [-0.2, 0) is 4.74 Å². The molecule has 0 amide bonds. The van der Waals surface area contributed by atoms with E-state index >= 15 is 0 Å². The Balaban J connectivity index is 2.40. The molecule has 0 aromatic carbocycles. The zero-order valence-electron chi connectivity index (χ0n) is 11.8. The van der Waals surface area contributed by atoms with Crippen molar-refractivity contribution in [2.45, 2.75) is 39.2 Å². The molecule has 0 atom stereocenters. The van der Waals surface area contributed by atoms with Gasteiger partial charge in [0.2, 0.25) is 0 Å². The number of morpholine rings is 1. The first-order valence-corrected chi connectivity index (χ1v) is 7.24. The number of aromatic nitrogens is 1. The number of carbonyl (C=O) groups is 1. The van der Waals surface area contributed by atoms with Crippen LogP contribution in [-0.4, -0.2) is 41.4 Å². The number of aromatic carboxylic acids is 1. The van der Waals surface area contributed by atoms with Crippen molar-refractivity contribution in [2.24, 2.45) is 0 Å². The summed E-state index contributed by atoms with van der Waals surface area (Å²) in [6, 6.07) is 0. The van der Waals surface area contributed by atoms with E-state index in [2.05, 4.69) is 23.7 Å². The van der Waals surface area contributed by atoms with E-state index in [1.807, 2.05) is 13.8 Å². The highest BCUT2D eigenvalue weighted by atomic mass is 32.1. The fraction of sp³-hybridized carbons (Fsp3) is 0.692. The highest BCUT2D eigenvalue weighted by molar-refractivity contribution is 7.17. The second-order valence-corrected chi connectivity index (χ2v) is 6.66. The summed E-state index contributed by atoms with van der Waals surface area (Å²) in [5.41, 5.74) is 0.523. The molecule has 0 bridgehead atoms. The van der Waals surface area contributed by atoms with Gasteiger partial charge in [0.05, 0.1) is 24.4 Å². The SMILES string of the molecule is CC(C)c1nc(N2CCOCC2(C)C)sc1C(=O)O. The summed E-state index contributed by atoms with van der Waals surface area (Å²) in [6.07, 6.45) is 0. The Morgan fingerprint density at radius 1 is 1.53 bits per heavy atom. The van der Waals surface area contributed by atoms with Gasteiger partial charge in [-0.15, -0.1) is 0 Å². The van der Waals surface area contributed by atoms with Crippen molar-refractivity contribution in [3.8, 4) is 0 Å². The topological polar surface area (TPSA) is 62.7 Å². The number of rotatable bonds is 3. The van der Waals surface area contributed by atoms with Crippen LogP contribution < -0.4 is 4.90 Å². The molecule has 1 N–H and O–H groups in total. The highest BCUT2D eigenvalue weighted by Crippen LogP contribution is 2.35. The minimum Gasteiger partial charge on any atom is -0.477 e. The summed E-state index contributed by atoms with van der Waals surface area (Å²) < 4.78 is 5.49. The smallest absolute Gasteiger partial charge is 0.347 e. The van der Waals surface area contributed by atoms with Gasteiger partial charge in [-0.1, -0.05) is 25.2 Å². The number of ether oxygens (including phenoxy) is 1. The first kappa shape index (κ1) is 14.3. The molecule has 0 spiro atoms. The van der Waals surface area contributed by atoms with Crippen LogP contribution in [0.15, 0.2) is 0 Å². The Morgan fingerprint density at radius 2 is 2.21 bits per heavy atom. The quantitative estimate of drug-likeness (QED) is 0.924. The summed E-state index contributed by atoms with van der Waals surface area (Å²) in [4.78, 5) is 18.4. The normalized spacial score (nSPS) is 18.9. The highest BCUT2D eigenvalue weighted by Gasteiger charge is 2.34.